The van der Waals surface area contributed by atoms with Crippen LogP contribution in [0.3, 0.4) is 0 Å². The molecule has 0 aromatic heterocycles. The van der Waals surface area contributed by atoms with E-state index in [0.717, 1.165) is 5.56 Å². The monoisotopic (exact) mass is 339 g/mol. The first-order chi connectivity index (χ1) is 10.9. The van der Waals surface area contributed by atoms with Gasteiger partial charge in [-0.25, -0.2) is 4.79 Å². The van der Waals surface area contributed by atoms with Crippen molar-refractivity contribution in [2.75, 3.05) is 7.11 Å². The van der Waals surface area contributed by atoms with E-state index in [1.54, 1.807) is 12.1 Å². The van der Waals surface area contributed by atoms with Crippen molar-refractivity contribution in [3.63, 3.8) is 0 Å². The Balaban J connectivity index is 2.50. The van der Waals surface area contributed by atoms with Gasteiger partial charge in [0.1, 0.15) is 6.04 Å². The summed E-state index contributed by atoms with van der Waals surface area (Å²) in [6.45, 7) is 0. The van der Waals surface area contributed by atoms with E-state index in [9.17, 15) is 19.5 Å². The molecule has 1 aromatic carbocycles. The maximum absolute atomic E-state index is 12.0. The number of amides is 1. The molecule has 0 heterocycles. The van der Waals surface area contributed by atoms with Gasteiger partial charge in [-0.05, 0) is 18.4 Å². The average molecular weight is 339 g/mol. The Bertz CT molecular complexity index is 535. The van der Waals surface area contributed by atoms with Crippen molar-refractivity contribution >= 4 is 30.5 Å². The van der Waals surface area contributed by atoms with Gasteiger partial charge >= 0.3 is 11.9 Å². The van der Waals surface area contributed by atoms with Crippen molar-refractivity contribution in [2.45, 2.75) is 37.0 Å². The van der Waals surface area contributed by atoms with E-state index >= 15 is 0 Å². The minimum Gasteiger partial charge on any atom is -0.480 e. The van der Waals surface area contributed by atoms with Gasteiger partial charge in [0.2, 0.25) is 5.91 Å². The highest BCUT2D eigenvalue weighted by Crippen LogP contribution is 2.10. The number of ether oxygens (including phenoxy) is 1. The van der Waals surface area contributed by atoms with Crippen LogP contribution in [0, 0.1) is 0 Å². The third-order valence-corrected chi connectivity index (χ3v) is 3.78. The second-order valence-corrected chi connectivity index (χ2v) is 5.70. The predicted octanol–water partition coefficient (Wildman–Crippen LogP) is 1.44. The highest BCUT2D eigenvalue weighted by molar-refractivity contribution is 7.81. The van der Waals surface area contributed by atoms with Gasteiger partial charge in [-0.2, -0.15) is 12.6 Å². The maximum Gasteiger partial charge on any atom is 0.326 e. The van der Waals surface area contributed by atoms with Gasteiger partial charge in [-0.15, -0.1) is 0 Å². The molecule has 0 radical (unpaired) electrons. The Hall–Kier alpha value is -2.02. The summed E-state index contributed by atoms with van der Waals surface area (Å²) in [5.41, 5.74) is 0.821. The summed E-state index contributed by atoms with van der Waals surface area (Å²) in [6.07, 6.45) is 1.21. The first-order valence-corrected chi connectivity index (χ1v) is 7.77. The molecule has 0 aliphatic carbocycles. The van der Waals surface area contributed by atoms with E-state index < -0.39 is 23.2 Å². The molecule has 0 aliphatic heterocycles. The molecule has 7 heteroatoms. The van der Waals surface area contributed by atoms with Crippen LogP contribution in [0.4, 0.5) is 0 Å². The number of hydrogen-bond acceptors (Lipinski definition) is 5. The lowest BCUT2D eigenvalue weighted by atomic mass is 10.1. The van der Waals surface area contributed by atoms with Crippen molar-refractivity contribution in [3.05, 3.63) is 35.9 Å². The number of carbonyl (C=O) groups is 3. The number of nitrogens with one attached hydrogen (secondary N) is 1. The summed E-state index contributed by atoms with van der Waals surface area (Å²) in [7, 11) is 1.30. The average Bonchev–Trinajstić information content (AvgIpc) is 2.54. The van der Waals surface area contributed by atoms with Gasteiger partial charge in [0.25, 0.3) is 0 Å². The zero-order valence-electron chi connectivity index (χ0n) is 12.9. The molecule has 0 saturated heterocycles. The van der Waals surface area contributed by atoms with Crippen molar-refractivity contribution in [2.24, 2.45) is 0 Å². The fourth-order valence-corrected chi connectivity index (χ4v) is 2.25. The Morgan fingerprint density at radius 2 is 1.91 bits per heavy atom. The lowest BCUT2D eigenvalue weighted by molar-refractivity contribution is -0.141. The van der Waals surface area contributed by atoms with E-state index in [-0.39, 0.29) is 18.8 Å². The lowest BCUT2D eigenvalue weighted by Crippen LogP contribution is -2.45. The van der Waals surface area contributed by atoms with Crippen LogP contribution in [-0.2, 0) is 25.5 Å². The Labute approximate surface area is 140 Å². The zero-order valence-corrected chi connectivity index (χ0v) is 13.8. The first-order valence-electron chi connectivity index (χ1n) is 7.26. The summed E-state index contributed by atoms with van der Waals surface area (Å²) in [5, 5.41) is 11.1. The van der Waals surface area contributed by atoms with Crippen LogP contribution in [-0.4, -0.2) is 41.4 Å². The first kappa shape index (κ1) is 19.0. The van der Waals surface area contributed by atoms with Gasteiger partial charge in [-0.3, -0.25) is 9.59 Å². The molecule has 0 fully saturated rings. The standard InChI is InChI=1S/C16H21NO5S/c1-22-14(18)9-5-8-13(23)15(19)17-12(16(20)21)10-11-6-3-2-4-7-11/h2-4,6-7,12-13,23H,5,8-10H2,1H3,(H,17,19)(H,20,21)/t12-,13?/m0/s1. The smallest absolute Gasteiger partial charge is 0.326 e. The van der Waals surface area contributed by atoms with Crippen molar-refractivity contribution in [3.8, 4) is 0 Å². The molecule has 1 aromatic rings. The number of hydrogen-bond donors (Lipinski definition) is 3. The molecule has 0 aliphatic rings. The highest BCUT2D eigenvalue weighted by Gasteiger charge is 2.23. The molecular weight excluding hydrogens is 318 g/mol. The van der Waals surface area contributed by atoms with Crippen molar-refractivity contribution < 1.29 is 24.2 Å². The number of carbonyl (C=O) groups excluding carboxylic acids is 2. The fraction of sp³-hybridized carbons (Fsp3) is 0.438. The van der Waals surface area contributed by atoms with Crippen LogP contribution in [0.5, 0.6) is 0 Å². The van der Waals surface area contributed by atoms with Crippen LogP contribution in [0.25, 0.3) is 0 Å². The Morgan fingerprint density at radius 3 is 2.48 bits per heavy atom. The number of benzene rings is 1. The third kappa shape index (κ3) is 7.19. The second kappa shape index (κ2) is 9.89. The van der Waals surface area contributed by atoms with Crippen LogP contribution in [0.1, 0.15) is 24.8 Å². The topological polar surface area (TPSA) is 92.7 Å². The third-order valence-electron chi connectivity index (χ3n) is 3.29. The van der Waals surface area contributed by atoms with Crippen LogP contribution < -0.4 is 5.32 Å². The van der Waals surface area contributed by atoms with E-state index in [2.05, 4.69) is 22.7 Å². The molecule has 2 N–H and O–H groups in total. The normalized spacial score (nSPS) is 13.0. The molecule has 0 bridgehead atoms. The number of carboxylic acids is 1. The summed E-state index contributed by atoms with van der Waals surface area (Å²) >= 11 is 4.17. The van der Waals surface area contributed by atoms with Gasteiger partial charge in [0.15, 0.2) is 0 Å². The molecule has 2 atom stereocenters. The van der Waals surface area contributed by atoms with Crippen LogP contribution in [0.15, 0.2) is 30.3 Å². The number of methoxy groups -OCH3 is 1. The molecule has 0 saturated carbocycles. The molecule has 1 amide bonds. The summed E-state index contributed by atoms with van der Waals surface area (Å²) < 4.78 is 4.51. The Kier molecular flexibility index (Phi) is 8.18. The number of thiol groups is 1. The quantitative estimate of drug-likeness (QED) is 0.468. The van der Waals surface area contributed by atoms with Crippen molar-refractivity contribution in [1.82, 2.24) is 5.32 Å². The van der Waals surface area contributed by atoms with Gasteiger partial charge < -0.3 is 15.2 Å². The van der Waals surface area contributed by atoms with Crippen LogP contribution in [0.2, 0.25) is 0 Å². The molecule has 1 unspecified atom stereocenters. The highest BCUT2D eigenvalue weighted by atomic mass is 32.1. The van der Waals surface area contributed by atoms with E-state index in [4.69, 9.17) is 0 Å². The van der Waals surface area contributed by atoms with E-state index in [0.29, 0.717) is 12.8 Å². The van der Waals surface area contributed by atoms with Gasteiger partial charge in [0.05, 0.1) is 12.4 Å². The fourth-order valence-electron chi connectivity index (χ4n) is 1.99. The minimum absolute atomic E-state index is 0.199. The minimum atomic E-state index is -1.10. The predicted molar refractivity (Wildman–Crippen MR) is 88.4 cm³/mol. The molecule has 1 rings (SSSR count). The van der Waals surface area contributed by atoms with E-state index in [1.807, 2.05) is 18.2 Å². The van der Waals surface area contributed by atoms with Gasteiger partial charge in [-0.1, -0.05) is 30.3 Å². The maximum atomic E-state index is 12.0. The molecule has 126 valence electrons. The summed E-state index contributed by atoms with van der Waals surface area (Å²) in [6, 6.07) is 8.05. The molecule has 6 nitrogen and oxygen atoms in total. The number of rotatable bonds is 9. The zero-order chi connectivity index (χ0) is 17.2. The molecule has 0 spiro atoms. The van der Waals surface area contributed by atoms with Gasteiger partial charge in [0, 0.05) is 12.8 Å². The van der Waals surface area contributed by atoms with Crippen LogP contribution >= 0.6 is 12.6 Å². The number of carboxylic acid groups (broad SMARTS) is 1. The second-order valence-electron chi connectivity index (χ2n) is 5.07. The SMILES string of the molecule is COC(=O)CCCC(S)C(=O)N[C@@H](Cc1ccccc1)C(=O)O. The molecule has 23 heavy (non-hydrogen) atoms. The summed E-state index contributed by atoms with van der Waals surface area (Å²) in [5.74, 6) is -1.91. The van der Waals surface area contributed by atoms with E-state index in [1.165, 1.54) is 7.11 Å². The Morgan fingerprint density at radius 1 is 1.26 bits per heavy atom. The molecular formula is C16H21NO5S. The van der Waals surface area contributed by atoms with Crippen molar-refractivity contribution in [1.29, 1.82) is 0 Å². The summed E-state index contributed by atoms with van der Waals surface area (Å²) in [4.78, 5) is 34.3. The number of esters is 1. The largest absolute Gasteiger partial charge is 0.480 e. The number of aliphatic carboxylic acids is 1. The lowest BCUT2D eigenvalue weighted by Gasteiger charge is -2.17.